The molecule has 2 N–H and O–H groups in total. The minimum atomic E-state index is 0.0254. The third-order valence-electron chi connectivity index (χ3n) is 5.60. The van der Waals surface area contributed by atoms with Gasteiger partial charge in [-0.2, -0.15) is 0 Å². The lowest BCUT2D eigenvalue weighted by Crippen LogP contribution is -2.37. The van der Waals surface area contributed by atoms with Crippen LogP contribution in [0.2, 0.25) is 0 Å². The number of nitrogens with zero attached hydrogens (tertiary/aromatic N) is 4. The zero-order valence-corrected chi connectivity index (χ0v) is 17.6. The number of aromatic nitrogens is 4. The topological polar surface area (TPSA) is 77.9 Å². The smallest absolute Gasteiger partial charge is 0.183 e. The van der Waals surface area contributed by atoms with E-state index >= 15 is 0 Å². The van der Waals surface area contributed by atoms with Crippen molar-refractivity contribution < 1.29 is 5.11 Å². The third kappa shape index (κ3) is 4.04. The van der Waals surface area contributed by atoms with Gasteiger partial charge < -0.3 is 15.0 Å². The van der Waals surface area contributed by atoms with Crippen molar-refractivity contribution in [2.75, 3.05) is 4.90 Å². The molecule has 1 atom stereocenters. The summed E-state index contributed by atoms with van der Waals surface area (Å²) in [6, 6.07) is 18.4. The monoisotopic (exact) mass is 401 g/mol. The highest BCUT2D eigenvalue weighted by Gasteiger charge is 2.23. The highest BCUT2D eigenvalue weighted by molar-refractivity contribution is 5.86. The molecule has 0 spiro atoms. The first-order valence-corrected chi connectivity index (χ1v) is 10.3. The van der Waals surface area contributed by atoms with Crippen LogP contribution in [0.1, 0.15) is 31.9 Å². The molecule has 30 heavy (non-hydrogen) atoms. The van der Waals surface area contributed by atoms with Crippen molar-refractivity contribution in [2.24, 2.45) is 5.92 Å². The Morgan fingerprint density at radius 3 is 2.33 bits per heavy atom. The number of benzene rings is 2. The van der Waals surface area contributed by atoms with E-state index in [9.17, 15) is 5.11 Å². The van der Waals surface area contributed by atoms with Gasteiger partial charge in [0.05, 0.1) is 6.61 Å². The van der Waals surface area contributed by atoms with E-state index in [4.69, 9.17) is 4.98 Å². The normalized spacial score (nSPS) is 12.4. The Morgan fingerprint density at radius 1 is 0.933 bits per heavy atom. The third-order valence-corrected chi connectivity index (χ3v) is 5.60. The van der Waals surface area contributed by atoms with Crippen molar-refractivity contribution in [1.82, 2.24) is 19.9 Å². The van der Waals surface area contributed by atoms with Crippen LogP contribution in [0.15, 0.2) is 60.9 Å². The molecule has 0 saturated carbocycles. The number of hydrogen-bond donors (Lipinski definition) is 2. The van der Waals surface area contributed by atoms with Gasteiger partial charge >= 0.3 is 0 Å². The van der Waals surface area contributed by atoms with Gasteiger partial charge in [0, 0.05) is 18.2 Å². The lowest BCUT2D eigenvalue weighted by Gasteiger charge is -2.33. The van der Waals surface area contributed by atoms with Crippen LogP contribution in [0.3, 0.4) is 0 Å². The summed E-state index contributed by atoms with van der Waals surface area (Å²) in [5.41, 5.74) is 4.53. The zero-order valence-electron chi connectivity index (χ0n) is 17.6. The first-order valence-electron chi connectivity index (χ1n) is 10.3. The predicted octanol–water partition coefficient (Wildman–Crippen LogP) is 4.56. The molecule has 6 nitrogen and oxygen atoms in total. The molecule has 4 rings (SSSR count). The second kappa shape index (κ2) is 8.63. The van der Waals surface area contributed by atoms with E-state index in [1.807, 2.05) is 30.3 Å². The number of nitrogens with one attached hydrogen (secondary N) is 1. The average molecular weight is 402 g/mol. The number of anilines is 1. The minimum Gasteiger partial charge on any atom is -0.392 e. The van der Waals surface area contributed by atoms with Gasteiger partial charge in [-0.05, 0) is 24.0 Å². The van der Waals surface area contributed by atoms with Gasteiger partial charge in [-0.1, -0.05) is 68.4 Å². The van der Waals surface area contributed by atoms with Crippen LogP contribution < -0.4 is 4.90 Å². The van der Waals surface area contributed by atoms with Crippen molar-refractivity contribution in [1.29, 1.82) is 0 Å². The molecule has 0 bridgehead atoms. The number of H-pyrrole nitrogens is 1. The lowest BCUT2D eigenvalue weighted by molar-refractivity contribution is 0.282. The summed E-state index contributed by atoms with van der Waals surface area (Å²) < 4.78 is 0. The van der Waals surface area contributed by atoms with Crippen molar-refractivity contribution >= 4 is 17.0 Å². The number of aliphatic hydroxyl groups excluding tert-OH is 1. The lowest BCUT2D eigenvalue weighted by atomic mass is 10.0. The average Bonchev–Trinajstić information content (AvgIpc) is 3.22. The van der Waals surface area contributed by atoms with E-state index in [2.05, 4.69) is 64.9 Å². The Balaban J connectivity index is 1.77. The molecule has 0 amide bonds. The minimum absolute atomic E-state index is 0.0254. The number of aliphatic hydroxyl groups is 1. The van der Waals surface area contributed by atoms with Gasteiger partial charge in [0.15, 0.2) is 11.5 Å². The van der Waals surface area contributed by atoms with E-state index in [0.717, 1.165) is 34.8 Å². The molecule has 1 unspecified atom stereocenters. The Hall–Kier alpha value is -3.25. The summed E-state index contributed by atoms with van der Waals surface area (Å²) >= 11 is 0. The van der Waals surface area contributed by atoms with Crippen molar-refractivity contribution in [2.45, 2.75) is 40.0 Å². The summed E-state index contributed by atoms with van der Waals surface area (Å²) in [5, 5.41) is 9.28. The number of imidazole rings is 1. The van der Waals surface area contributed by atoms with Crippen molar-refractivity contribution in [3.63, 3.8) is 0 Å². The van der Waals surface area contributed by atoms with E-state index in [1.165, 1.54) is 5.56 Å². The Kier molecular flexibility index (Phi) is 5.77. The Morgan fingerprint density at radius 2 is 1.67 bits per heavy atom. The molecular formula is C24H27N5O. The van der Waals surface area contributed by atoms with Gasteiger partial charge in [-0.15, -0.1) is 0 Å². The fourth-order valence-electron chi connectivity index (χ4n) is 3.49. The first-order chi connectivity index (χ1) is 14.6. The first kappa shape index (κ1) is 20.0. The molecule has 0 aliphatic heterocycles. The molecule has 4 aromatic rings. The molecular weight excluding hydrogens is 374 g/mol. The SMILES string of the molecule is CC(C)C(C)N(Cc1ccccc1)c1ncnc2nc(-c3ccc(CO)cc3)[nH]c12. The summed E-state index contributed by atoms with van der Waals surface area (Å²) in [4.78, 5) is 19.5. The highest BCUT2D eigenvalue weighted by atomic mass is 16.3. The van der Waals surface area contributed by atoms with E-state index < -0.39 is 0 Å². The van der Waals surface area contributed by atoms with E-state index in [0.29, 0.717) is 11.6 Å². The van der Waals surface area contributed by atoms with Crippen LogP contribution in [-0.2, 0) is 13.2 Å². The number of fused-ring (bicyclic) bond motifs is 1. The summed E-state index contributed by atoms with van der Waals surface area (Å²) in [6.07, 6.45) is 1.59. The van der Waals surface area contributed by atoms with Gasteiger partial charge in [-0.3, -0.25) is 0 Å². The Bertz CT molecular complexity index is 1110. The molecule has 0 fully saturated rings. The van der Waals surface area contributed by atoms with Crippen molar-refractivity contribution in [3.8, 4) is 11.4 Å². The quantitative estimate of drug-likeness (QED) is 0.474. The second-order valence-corrected chi connectivity index (χ2v) is 7.93. The molecule has 6 heteroatoms. The molecule has 2 aromatic carbocycles. The summed E-state index contributed by atoms with van der Waals surface area (Å²) in [7, 11) is 0. The Labute approximate surface area is 176 Å². The zero-order chi connectivity index (χ0) is 21.1. The van der Waals surface area contributed by atoms with E-state index in [1.54, 1.807) is 6.33 Å². The fourth-order valence-corrected chi connectivity index (χ4v) is 3.49. The summed E-state index contributed by atoms with van der Waals surface area (Å²) in [6.45, 7) is 7.46. The molecule has 0 aliphatic rings. The standard InChI is InChI=1S/C24H27N5O/c1-16(2)17(3)29(13-18-7-5-4-6-8-18)24-21-23(25-15-26-24)28-22(27-21)20-11-9-19(14-30)10-12-20/h4-12,15-17,30H,13-14H2,1-3H3,(H,25,26,27,28). The van der Waals surface area contributed by atoms with Gasteiger partial charge in [0.1, 0.15) is 17.7 Å². The van der Waals surface area contributed by atoms with Crippen LogP contribution in [-0.4, -0.2) is 31.1 Å². The number of rotatable bonds is 7. The molecule has 2 aromatic heterocycles. The summed E-state index contributed by atoms with van der Waals surface area (Å²) in [5.74, 6) is 2.05. The van der Waals surface area contributed by atoms with Crippen LogP contribution in [0, 0.1) is 5.92 Å². The second-order valence-electron chi connectivity index (χ2n) is 7.93. The van der Waals surface area contributed by atoms with Gasteiger partial charge in [0.2, 0.25) is 0 Å². The molecule has 154 valence electrons. The van der Waals surface area contributed by atoms with Crippen LogP contribution in [0.5, 0.6) is 0 Å². The fraction of sp³-hybridized carbons (Fsp3) is 0.292. The van der Waals surface area contributed by atoms with Crippen LogP contribution >= 0.6 is 0 Å². The molecule has 0 aliphatic carbocycles. The van der Waals surface area contributed by atoms with Crippen LogP contribution in [0.25, 0.3) is 22.6 Å². The van der Waals surface area contributed by atoms with Crippen molar-refractivity contribution in [3.05, 3.63) is 72.1 Å². The molecule has 0 radical (unpaired) electrons. The van der Waals surface area contributed by atoms with E-state index in [-0.39, 0.29) is 12.6 Å². The highest BCUT2D eigenvalue weighted by Crippen LogP contribution is 2.29. The molecule has 2 heterocycles. The number of aromatic amines is 1. The largest absolute Gasteiger partial charge is 0.392 e. The maximum Gasteiger partial charge on any atom is 0.183 e. The van der Waals surface area contributed by atoms with Gasteiger partial charge in [-0.25, -0.2) is 15.0 Å². The van der Waals surface area contributed by atoms with Crippen LogP contribution in [0.4, 0.5) is 5.82 Å². The molecule has 0 saturated heterocycles. The number of hydrogen-bond acceptors (Lipinski definition) is 5. The maximum atomic E-state index is 9.28. The predicted molar refractivity (Wildman–Crippen MR) is 120 cm³/mol. The maximum absolute atomic E-state index is 9.28. The van der Waals surface area contributed by atoms with Gasteiger partial charge in [0.25, 0.3) is 0 Å².